The van der Waals surface area contributed by atoms with Gasteiger partial charge in [-0.05, 0) is 58.6 Å². The second kappa shape index (κ2) is 9.08. The second-order valence-electron chi connectivity index (χ2n) is 9.80. The molecule has 0 bridgehead atoms. The van der Waals surface area contributed by atoms with Crippen LogP contribution in [0.3, 0.4) is 0 Å². The predicted octanol–water partition coefficient (Wildman–Crippen LogP) is 4.24. The monoisotopic (exact) mass is 470 g/mol. The molecule has 3 heterocycles. The number of anilines is 3. The summed E-state index contributed by atoms with van der Waals surface area (Å²) in [5.41, 5.74) is 6.76. The van der Waals surface area contributed by atoms with Crippen LogP contribution in [0, 0.1) is 12.7 Å². The lowest BCUT2D eigenvalue weighted by atomic mass is 10.1. The highest BCUT2D eigenvalue weighted by atomic mass is 19.1. The third-order valence-electron chi connectivity index (χ3n) is 5.98. The fourth-order valence-electron chi connectivity index (χ4n) is 4.48. The summed E-state index contributed by atoms with van der Waals surface area (Å²) in [5.74, 6) is -0.0344. The molecule has 1 atom stereocenters. The van der Waals surface area contributed by atoms with Crippen molar-refractivity contribution in [2.45, 2.75) is 65.1 Å². The lowest BCUT2D eigenvalue weighted by Crippen LogP contribution is -2.56. The summed E-state index contributed by atoms with van der Waals surface area (Å²) in [6.45, 7) is 8.14. The molecule has 34 heavy (non-hydrogen) atoms. The molecule has 2 aliphatic rings. The van der Waals surface area contributed by atoms with Crippen molar-refractivity contribution in [2.24, 2.45) is 0 Å². The Morgan fingerprint density at radius 3 is 2.74 bits per heavy atom. The first-order valence-electron chi connectivity index (χ1n) is 11.5. The average Bonchev–Trinajstić information content (AvgIpc) is 2.99. The number of nitrogens with zero attached hydrogens (tertiary/aromatic N) is 5. The van der Waals surface area contributed by atoms with E-state index in [2.05, 4.69) is 9.97 Å². The van der Waals surface area contributed by atoms with E-state index in [1.165, 1.54) is 11.0 Å². The van der Waals surface area contributed by atoms with Gasteiger partial charge in [0.2, 0.25) is 5.95 Å². The summed E-state index contributed by atoms with van der Waals surface area (Å²) >= 11 is 0. The Balaban J connectivity index is 1.73. The van der Waals surface area contributed by atoms with Gasteiger partial charge < -0.3 is 15.4 Å². The zero-order valence-corrected chi connectivity index (χ0v) is 20.0. The summed E-state index contributed by atoms with van der Waals surface area (Å²) in [7, 11) is 0. The zero-order valence-electron chi connectivity index (χ0n) is 20.0. The van der Waals surface area contributed by atoms with E-state index in [-0.39, 0.29) is 30.8 Å². The van der Waals surface area contributed by atoms with Gasteiger partial charge in [0.15, 0.2) is 0 Å². The first-order chi connectivity index (χ1) is 16.0. The van der Waals surface area contributed by atoms with Crippen molar-refractivity contribution in [2.75, 3.05) is 28.6 Å². The molecule has 0 aliphatic carbocycles. The van der Waals surface area contributed by atoms with Crippen LogP contribution in [0.5, 0.6) is 0 Å². The third-order valence-corrected chi connectivity index (χ3v) is 5.98. The van der Waals surface area contributed by atoms with Crippen molar-refractivity contribution < 1.29 is 18.7 Å². The minimum atomic E-state index is -0.632. The number of ether oxygens (including phenoxy) is 1. The van der Waals surface area contributed by atoms with Crippen LogP contribution in [-0.4, -0.2) is 51.7 Å². The average molecular weight is 471 g/mol. The molecule has 10 heteroatoms. The molecule has 1 aromatic carbocycles. The molecule has 3 amide bonds. The molecule has 2 aliphatic heterocycles. The molecule has 0 spiro atoms. The summed E-state index contributed by atoms with van der Waals surface area (Å²) in [6.07, 6.45) is 3.39. The van der Waals surface area contributed by atoms with E-state index in [9.17, 15) is 14.0 Å². The molecule has 0 saturated carbocycles. The number of benzene rings is 1. The van der Waals surface area contributed by atoms with E-state index >= 15 is 0 Å². The number of para-hydroxylation sites is 1. The number of likely N-dealkylation sites (tertiary alicyclic amines) is 1. The van der Waals surface area contributed by atoms with Crippen LogP contribution in [0.15, 0.2) is 24.4 Å². The lowest BCUT2D eigenvalue weighted by Gasteiger charge is -2.41. The molecule has 2 aromatic rings. The Bertz CT molecular complexity index is 1080. The molecule has 2 N–H and O–H groups in total. The fraction of sp³-hybridized carbons (Fsp3) is 0.500. The summed E-state index contributed by atoms with van der Waals surface area (Å²) in [4.78, 5) is 39.8. The molecular weight excluding hydrogens is 439 g/mol. The highest BCUT2D eigenvalue weighted by Gasteiger charge is 2.40. The van der Waals surface area contributed by atoms with Gasteiger partial charge in [0.05, 0.1) is 18.3 Å². The topological polar surface area (TPSA) is 105 Å². The minimum Gasteiger partial charge on any atom is -0.444 e. The van der Waals surface area contributed by atoms with Crippen LogP contribution in [-0.2, 0) is 11.3 Å². The maximum atomic E-state index is 14.9. The Hall–Kier alpha value is -3.43. The van der Waals surface area contributed by atoms with Crippen molar-refractivity contribution >= 4 is 29.6 Å². The van der Waals surface area contributed by atoms with Crippen molar-refractivity contribution in [1.29, 1.82) is 0 Å². The Morgan fingerprint density at radius 2 is 2.03 bits per heavy atom. The minimum absolute atomic E-state index is 0.0460. The van der Waals surface area contributed by atoms with Gasteiger partial charge in [-0.15, -0.1) is 0 Å². The normalized spacial score (nSPS) is 19.0. The summed E-state index contributed by atoms with van der Waals surface area (Å²) in [6, 6.07) is 3.92. The molecule has 1 aromatic heterocycles. The number of halogens is 1. The van der Waals surface area contributed by atoms with Gasteiger partial charge in [0.1, 0.15) is 17.2 Å². The SMILES string of the molecule is Cc1cccc(F)c1N1Cc2cnc(N)nc2N([C@H]2CCCCN(C(=O)OC(C)(C)C)C2)C1=O. The molecule has 1 fully saturated rings. The third kappa shape index (κ3) is 4.76. The van der Waals surface area contributed by atoms with E-state index in [0.29, 0.717) is 29.9 Å². The largest absolute Gasteiger partial charge is 0.444 e. The predicted molar refractivity (Wildman–Crippen MR) is 127 cm³/mol. The number of carbonyl (C=O) groups excluding carboxylic acids is 2. The summed E-state index contributed by atoms with van der Waals surface area (Å²) in [5, 5.41) is 0. The maximum absolute atomic E-state index is 14.9. The Kier molecular flexibility index (Phi) is 6.33. The van der Waals surface area contributed by atoms with Crippen LogP contribution in [0.2, 0.25) is 0 Å². The molecule has 1 saturated heterocycles. The van der Waals surface area contributed by atoms with Gasteiger partial charge in [-0.3, -0.25) is 9.80 Å². The van der Waals surface area contributed by atoms with Gasteiger partial charge >= 0.3 is 12.1 Å². The highest BCUT2D eigenvalue weighted by molar-refractivity contribution is 6.06. The van der Waals surface area contributed by atoms with Crippen LogP contribution < -0.4 is 15.5 Å². The first-order valence-corrected chi connectivity index (χ1v) is 11.5. The number of aryl methyl sites for hydroxylation is 1. The zero-order chi connectivity index (χ0) is 24.6. The number of amides is 3. The number of hydrogen-bond donors (Lipinski definition) is 1. The number of nitrogens with two attached hydrogens (primary N) is 1. The molecule has 182 valence electrons. The molecule has 9 nitrogen and oxygen atoms in total. The van der Waals surface area contributed by atoms with Crippen molar-refractivity contribution in [1.82, 2.24) is 14.9 Å². The number of aromatic nitrogens is 2. The van der Waals surface area contributed by atoms with Gasteiger partial charge in [-0.2, -0.15) is 4.98 Å². The van der Waals surface area contributed by atoms with Gasteiger partial charge in [-0.1, -0.05) is 12.1 Å². The van der Waals surface area contributed by atoms with E-state index in [1.54, 1.807) is 35.1 Å². The maximum Gasteiger partial charge on any atom is 0.410 e. The number of urea groups is 1. The molecule has 0 unspecified atom stereocenters. The Labute approximate surface area is 198 Å². The van der Waals surface area contributed by atoms with Crippen LogP contribution >= 0.6 is 0 Å². The van der Waals surface area contributed by atoms with Crippen molar-refractivity contribution in [3.05, 3.63) is 41.3 Å². The number of hydrogen-bond acceptors (Lipinski definition) is 6. The smallest absolute Gasteiger partial charge is 0.410 e. The molecular formula is C24H31FN6O3. The van der Waals surface area contributed by atoms with Crippen LogP contribution in [0.25, 0.3) is 0 Å². The quantitative estimate of drug-likeness (QED) is 0.704. The summed E-state index contributed by atoms with van der Waals surface area (Å²) < 4.78 is 20.5. The fourth-order valence-corrected chi connectivity index (χ4v) is 4.48. The van der Waals surface area contributed by atoms with Gasteiger partial charge in [-0.25, -0.2) is 19.0 Å². The molecule has 4 rings (SSSR count). The van der Waals surface area contributed by atoms with E-state index < -0.39 is 23.5 Å². The Morgan fingerprint density at radius 1 is 1.26 bits per heavy atom. The second-order valence-corrected chi connectivity index (χ2v) is 9.80. The van der Waals surface area contributed by atoms with Gasteiger partial charge in [0, 0.05) is 24.8 Å². The van der Waals surface area contributed by atoms with E-state index in [0.717, 1.165) is 12.8 Å². The number of carbonyl (C=O) groups is 2. The number of rotatable bonds is 2. The highest BCUT2D eigenvalue weighted by Crippen LogP contribution is 2.36. The number of nitrogen functional groups attached to an aromatic ring is 1. The first kappa shape index (κ1) is 23.7. The van der Waals surface area contributed by atoms with Crippen LogP contribution in [0.4, 0.5) is 31.4 Å². The molecule has 0 radical (unpaired) electrons. The lowest BCUT2D eigenvalue weighted by molar-refractivity contribution is 0.0249. The van der Waals surface area contributed by atoms with Crippen molar-refractivity contribution in [3.8, 4) is 0 Å². The standard InChI is InChI=1S/C24H31FN6O3/c1-15-8-7-10-18(25)19(15)30-13-16-12-27-21(26)28-20(16)31(22(30)32)17-9-5-6-11-29(14-17)23(33)34-24(2,3)4/h7-8,10,12,17H,5-6,9,11,13-14H2,1-4H3,(H2,26,27,28)/t17-/m0/s1. The van der Waals surface area contributed by atoms with E-state index in [1.807, 2.05) is 20.8 Å². The van der Waals surface area contributed by atoms with Crippen LogP contribution in [0.1, 0.15) is 51.2 Å². The van der Waals surface area contributed by atoms with E-state index in [4.69, 9.17) is 10.5 Å². The van der Waals surface area contributed by atoms with Gasteiger partial charge in [0.25, 0.3) is 0 Å². The number of fused-ring (bicyclic) bond motifs is 1. The van der Waals surface area contributed by atoms with Crippen molar-refractivity contribution in [3.63, 3.8) is 0 Å².